The van der Waals surface area contributed by atoms with Crippen LogP contribution in [-0.4, -0.2) is 33.1 Å². The Labute approximate surface area is 163 Å². The second-order valence-corrected chi connectivity index (χ2v) is 6.96. The number of carbonyl (C=O) groups is 1. The summed E-state index contributed by atoms with van der Waals surface area (Å²) in [7, 11) is 1.55. The standard InChI is InChI=1S/C19H16FN5O2S/c1-27-17-7-6-13(20)8-12(17)9-14-11-28-18(22-14)10-21-19(26)25-16-5-3-2-4-15(16)23-24-25/h2-8,11H,9-10H2,1H3,(H,21,26). The summed E-state index contributed by atoms with van der Waals surface area (Å²) in [6, 6.07) is 11.3. The lowest BCUT2D eigenvalue weighted by molar-refractivity contribution is 0.239. The molecule has 0 spiro atoms. The van der Waals surface area contributed by atoms with Crippen molar-refractivity contribution in [2.75, 3.05) is 7.11 Å². The molecule has 0 saturated carbocycles. The molecule has 9 heteroatoms. The summed E-state index contributed by atoms with van der Waals surface area (Å²) < 4.78 is 20.0. The molecular weight excluding hydrogens is 381 g/mol. The van der Waals surface area contributed by atoms with E-state index in [1.54, 1.807) is 25.3 Å². The Balaban J connectivity index is 1.43. The number of aromatic nitrogens is 4. The number of nitrogens with zero attached hydrogens (tertiary/aromatic N) is 4. The highest BCUT2D eigenvalue weighted by Gasteiger charge is 2.13. The number of thiazole rings is 1. The van der Waals surface area contributed by atoms with Crippen molar-refractivity contribution >= 4 is 28.4 Å². The topological polar surface area (TPSA) is 81.9 Å². The van der Waals surface area contributed by atoms with Crippen molar-refractivity contribution < 1.29 is 13.9 Å². The van der Waals surface area contributed by atoms with Crippen molar-refractivity contribution in [1.29, 1.82) is 0 Å². The van der Waals surface area contributed by atoms with E-state index in [1.165, 1.54) is 28.2 Å². The molecule has 142 valence electrons. The van der Waals surface area contributed by atoms with Crippen LogP contribution in [-0.2, 0) is 13.0 Å². The Morgan fingerprint density at radius 2 is 2.14 bits per heavy atom. The SMILES string of the molecule is COc1ccc(F)cc1Cc1csc(CNC(=O)n2nnc3ccccc32)n1. The number of carbonyl (C=O) groups excluding carboxylic acids is 1. The van der Waals surface area contributed by atoms with Crippen molar-refractivity contribution in [3.63, 3.8) is 0 Å². The number of nitrogens with one attached hydrogen (secondary N) is 1. The zero-order chi connectivity index (χ0) is 19.5. The number of halogens is 1. The summed E-state index contributed by atoms with van der Waals surface area (Å²) in [6.45, 7) is 0.262. The molecule has 2 aromatic heterocycles. The lowest BCUT2D eigenvalue weighted by Crippen LogP contribution is -2.28. The van der Waals surface area contributed by atoms with Gasteiger partial charge in [-0.2, -0.15) is 4.68 Å². The van der Waals surface area contributed by atoms with E-state index in [4.69, 9.17) is 4.74 Å². The molecule has 0 unspecified atom stereocenters. The van der Waals surface area contributed by atoms with Crippen LogP contribution in [0.2, 0.25) is 0 Å². The first-order chi connectivity index (χ1) is 13.6. The molecule has 4 rings (SSSR count). The molecule has 0 bridgehead atoms. The monoisotopic (exact) mass is 397 g/mol. The Morgan fingerprint density at radius 1 is 1.29 bits per heavy atom. The molecule has 0 radical (unpaired) electrons. The van der Waals surface area contributed by atoms with Gasteiger partial charge < -0.3 is 10.1 Å². The summed E-state index contributed by atoms with van der Waals surface area (Å²) in [4.78, 5) is 16.9. The zero-order valence-electron chi connectivity index (χ0n) is 14.9. The first-order valence-electron chi connectivity index (χ1n) is 8.48. The fourth-order valence-corrected chi connectivity index (χ4v) is 3.57. The highest BCUT2D eigenvalue weighted by atomic mass is 32.1. The van der Waals surface area contributed by atoms with Gasteiger partial charge >= 0.3 is 6.03 Å². The molecule has 1 amide bonds. The number of hydrogen-bond acceptors (Lipinski definition) is 6. The normalized spacial score (nSPS) is 10.9. The highest BCUT2D eigenvalue weighted by Crippen LogP contribution is 2.23. The molecule has 7 nitrogen and oxygen atoms in total. The van der Waals surface area contributed by atoms with Crippen molar-refractivity contribution in [2.45, 2.75) is 13.0 Å². The first kappa shape index (κ1) is 18.1. The number of benzene rings is 2. The third-order valence-electron chi connectivity index (χ3n) is 4.15. The Kier molecular flexibility index (Phi) is 4.98. The van der Waals surface area contributed by atoms with Crippen LogP contribution in [0.15, 0.2) is 47.8 Å². The average molecular weight is 397 g/mol. The minimum atomic E-state index is -0.378. The van der Waals surface area contributed by atoms with Gasteiger partial charge in [0.25, 0.3) is 0 Å². The number of rotatable bonds is 5. The van der Waals surface area contributed by atoms with Crippen molar-refractivity contribution in [1.82, 2.24) is 25.3 Å². The summed E-state index contributed by atoms with van der Waals surface area (Å²) in [5.74, 6) is 0.292. The quantitative estimate of drug-likeness (QED) is 0.558. The third kappa shape index (κ3) is 3.70. The maximum absolute atomic E-state index is 13.5. The van der Waals surface area contributed by atoms with Gasteiger partial charge in [0.1, 0.15) is 22.1 Å². The Morgan fingerprint density at radius 3 is 3.00 bits per heavy atom. The zero-order valence-corrected chi connectivity index (χ0v) is 15.7. The average Bonchev–Trinajstić information content (AvgIpc) is 3.33. The van der Waals surface area contributed by atoms with E-state index in [0.717, 1.165) is 16.3 Å². The molecule has 0 atom stereocenters. The van der Waals surface area contributed by atoms with Crippen LogP contribution >= 0.6 is 11.3 Å². The molecule has 0 saturated heterocycles. The second kappa shape index (κ2) is 7.73. The van der Waals surface area contributed by atoms with Gasteiger partial charge in [-0.15, -0.1) is 16.4 Å². The summed E-state index contributed by atoms with van der Waals surface area (Å²) in [6.07, 6.45) is 0.444. The van der Waals surface area contributed by atoms with E-state index < -0.39 is 0 Å². The van der Waals surface area contributed by atoms with Crippen LogP contribution in [0.3, 0.4) is 0 Å². The molecule has 0 aliphatic carbocycles. The van der Waals surface area contributed by atoms with Gasteiger partial charge in [-0.3, -0.25) is 0 Å². The predicted molar refractivity (Wildman–Crippen MR) is 103 cm³/mol. The fraction of sp³-hybridized carbons (Fsp3) is 0.158. The van der Waals surface area contributed by atoms with Crippen LogP contribution in [0.5, 0.6) is 5.75 Å². The Bertz CT molecular complexity index is 1140. The number of amides is 1. The number of ether oxygens (including phenoxy) is 1. The van der Waals surface area contributed by atoms with Crippen LogP contribution in [0.25, 0.3) is 11.0 Å². The lowest BCUT2D eigenvalue weighted by atomic mass is 10.1. The summed E-state index contributed by atoms with van der Waals surface area (Å²) in [5.41, 5.74) is 2.79. The van der Waals surface area contributed by atoms with Gasteiger partial charge in [0.2, 0.25) is 0 Å². The van der Waals surface area contributed by atoms with Crippen molar-refractivity contribution in [2.24, 2.45) is 0 Å². The van der Waals surface area contributed by atoms with E-state index in [1.807, 2.05) is 17.5 Å². The first-order valence-corrected chi connectivity index (χ1v) is 9.36. The van der Waals surface area contributed by atoms with Gasteiger partial charge in [0.05, 0.1) is 24.9 Å². The maximum atomic E-state index is 13.5. The lowest BCUT2D eigenvalue weighted by Gasteiger charge is -2.07. The van der Waals surface area contributed by atoms with E-state index in [0.29, 0.717) is 23.2 Å². The molecule has 1 N–H and O–H groups in total. The molecule has 28 heavy (non-hydrogen) atoms. The van der Waals surface area contributed by atoms with Gasteiger partial charge in [0.15, 0.2) is 0 Å². The molecule has 0 aliphatic rings. The number of methoxy groups -OCH3 is 1. The highest BCUT2D eigenvalue weighted by molar-refractivity contribution is 7.09. The molecule has 4 aromatic rings. The van der Waals surface area contributed by atoms with Crippen molar-refractivity contribution in [3.05, 3.63) is 69.9 Å². The minimum absolute atomic E-state index is 0.262. The van der Waals surface area contributed by atoms with E-state index in [9.17, 15) is 9.18 Å². The largest absolute Gasteiger partial charge is 0.496 e. The summed E-state index contributed by atoms with van der Waals surface area (Å²) >= 11 is 1.42. The molecule has 0 fully saturated rings. The van der Waals surface area contributed by atoms with Gasteiger partial charge in [0, 0.05) is 17.4 Å². The van der Waals surface area contributed by atoms with E-state index in [-0.39, 0.29) is 18.4 Å². The Hall–Kier alpha value is -3.33. The van der Waals surface area contributed by atoms with Crippen LogP contribution in [0.1, 0.15) is 16.3 Å². The van der Waals surface area contributed by atoms with Crippen LogP contribution in [0, 0.1) is 5.82 Å². The minimum Gasteiger partial charge on any atom is -0.496 e. The third-order valence-corrected chi connectivity index (χ3v) is 5.05. The maximum Gasteiger partial charge on any atom is 0.344 e. The number of fused-ring (bicyclic) bond motifs is 1. The molecule has 0 aliphatic heterocycles. The molecular formula is C19H16FN5O2S. The number of para-hydroxylation sites is 1. The van der Waals surface area contributed by atoms with Crippen LogP contribution < -0.4 is 10.1 Å². The van der Waals surface area contributed by atoms with Gasteiger partial charge in [-0.05, 0) is 30.3 Å². The summed E-state index contributed by atoms with van der Waals surface area (Å²) in [5, 5.41) is 13.3. The van der Waals surface area contributed by atoms with E-state index >= 15 is 0 Å². The smallest absolute Gasteiger partial charge is 0.344 e. The number of hydrogen-bond donors (Lipinski definition) is 1. The second-order valence-electron chi connectivity index (χ2n) is 6.01. The van der Waals surface area contributed by atoms with Crippen LogP contribution in [0.4, 0.5) is 9.18 Å². The molecule has 2 heterocycles. The molecule has 2 aromatic carbocycles. The van der Waals surface area contributed by atoms with E-state index in [2.05, 4.69) is 20.6 Å². The van der Waals surface area contributed by atoms with Gasteiger partial charge in [-0.1, -0.05) is 17.3 Å². The van der Waals surface area contributed by atoms with Gasteiger partial charge in [-0.25, -0.2) is 14.2 Å². The predicted octanol–water partition coefficient (Wildman–Crippen LogP) is 3.38. The van der Waals surface area contributed by atoms with Crippen molar-refractivity contribution in [3.8, 4) is 5.75 Å². The fourth-order valence-electron chi connectivity index (χ4n) is 2.84.